The molecule has 0 bridgehead atoms. The molecule has 0 aliphatic carbocycles. The van der Waals surface area contributed by atoms with Gasteiger partial charge in [-0.15, -0.1) is 12.4 Å². The van der Waals surface area contributed by atoms with Gasteiger partial charge in [-0.2, -0.15) is 0 Å². The van der Waals surface area contributed by atoms with E-state index in [0.29, 0.717) is 6.54 Å². The zero-order chi connectivity index (χ0) is 10.9. The summed E-state index contributed by atoms with van der Waals surface area (Å²) in [6, 6.07) is 9.45. The van der Waals surface area contributed by atoms with E-state index in [1.54, 1.807) is 0 Å². The van der Waals surface area contributed by atoms with Gasteiger partial charge in [0.25, 0.3) is 0 Å². The van der Waals surface area contributed by atoms with Crippen molar-refractivity contribution in [2.75, 3.05) is 13.2 Å². The van der Waals surface area contributed by atoms with E-state index >= 15 is 0 Å². The molecule has 0 fully saturated rings. The summed E-state index contributed by atoms with van der Waals surface area (Å²) in [5, 5.41) is 2.49. The van der Waals surface area contributed by atoms with Gasteiger partial charge >= 0.3 is 6.09 Å². The summed E-state index contributed by atoms with van der Waals surface area (Å²) in [6.07, 6.45) is -0.476. The molecule has 0 aromatic heterocycles. The van der Waals surface area contributed by atoms with Crippen LogP contribution in [0.3, 0.4) is 0 Å². The molecule has 1 aromatic rings. The number of halogens is 1. The molecule has 0 unspecified atom stereocenters. The zero-order valence-electron chi connectivity index (χ0n) is 8.72. The number of alkyl carbamates (subject to hydrolysis) is 1. The highest BCUT2D eigenvalue weighted by molar-refractivity contribution is 5.85. The molecule has 1 rings (SSSR count). The van der Waals surface area contributed by atoms with Crippen LogP contribution < -0.4 is 11.2 Å². The second kappa shape index (κ2) is 8.96. The maximum atomic E-state index is 11.1. The lowest BCUT2D eigenvalue weighted by molar-refractivity contribution is 0.120. The average molecular weight is 247 g/mol. The van der Waals surface area contributed by atoms with Crippen LogP contribution >= 0.6 is 12.4 Å². The van der Waals surface area contributed by atoms with Crippen LogP contribution in [0.2, 0.25) is 0 Å². The fourth-order valence-electron chi connectivity index (χ4n) is 0.986. The number of hydrogen-bond acceptors (Lipinski definition) is 4. The minimum atomic E-state index is -0.476. The lowest BCUT2D eigenvalue weighted by Gasteiger charge is -2.05. The Hall–Kier alpha value is -1.30. The van der Waals surface area contributed by atoms with E-state index in [2.05, 4.69) is 10.2 Å². The Morgan fingerprint density at radius 2 is 2.00 bits per heavy atom. The predicted molar refractivity (Wildman–Crippen MR) is 62.0 cm³/mol. The van der Waals surface area contributed by atoms with Crippen LogP contribution in [0.1, 0.15) is 5.56 Å². The van der Waals surface area contributed by atoms with Crippen LogP contribution in [-0.2, 0) is 16.2 Å². The molecule has 0 spiro atoms. The summed E-state index contributed by atoms with van der Waals surface area (Å²) in [7, 11) is 0. The standard InChI is InChI=1S/C10H14N2O3.ClH/c11-15-7-6-12-10(13)14-8-9-4-2-1-3-5-9;/h1-5H,6-8,11H2,(H,12,13);1H. The number of benzene rings is 1. The van der Waals surface area contributed by atoms with E-state index in [-0.39, 0.29) is 25.6 Å². The van der Waals surface area contributed by atoms with Crippen molar-refractivity contribution in [1.29, 1.82) is 0 Å². The second-order valence-electron chi connectivity index (χ2n) is 2.86. The molecule has 90 valence electrons. The third-order valence-corrected chi connectivity index (χ3v) is 1.70. The minimum Gasteiger partial charge on any atom is -0.445 e. The highest BCUT2D eigenvalue weighted by Crippen LogP contribution is 2.00. The summed E-state index contributed by atoms with van der Waals surface area (Å²) in [5.41, 5.74) is 0.947. The predicted octanol–water partition coefficient (Wildman–Crippen LogP) is 1.22. The van der Waals surface area contributed by atoms with Crippen LogP contribution in [0.5, 0.6) is 0 Å². The highest BCUT2D eigenvalue weighted by Gasteiger charge is 2.00. The number of ether oxygens (including phenoxy) is 1. The SMILES string of the molecule is Cl.NOCCNC(=O)OCc1ccccc1. The molecule has 0 heterocycles. The maximum absolute atomic E-state index is 11.1. The molecule has 0 aliphatic heterocycles. The van der Waals surface area contributed by atoms with E-state index in [0.717, 1.165) is 5.56 Å². The molecule has 0 saturated heterocycles. The van der Waals surface area contributed by atoms with Crippen molar-refractivity contribution in [3.05, 3.63) is 35.9 Å². The summed E-state index contributed by atoms with van der Waals surface area (Å²) in [5.74, 6) is 4.79. The van der Waals surface area contributed by atoms with Gasteiger partial charge in [-0.05, 0) is 5.56 Å². The summed E-state index contributed by atoms with van der Waals surface area (Å²) >= 11 is 0. The van der Waals surface area contributed by atoms with Crippen LogP contribution in [0, 0.1) is 0 Å². The van der Waals surface area contributed by atoms with Gasteiger partial charge in [0, 0.05) is 6.54 Å². The molecule has 6 heteroatoms. The molecule has 0 atom stereocenters. The lowest BCUT2D eigenvalue weighted by atomic mass is 10.2. The van der Waals surface area contributed by atoms with Gasteiger partial charge in [-0.3, -0.25) is 0 Å². The third-order valence-electron chi connectivity index (χ3n) is 1.70. The van der Waals surface area contributed by atoms with Crippen LogP contribution in [-0.4, -0.2) is 19.2 Å². The lowest BCUT2D eigenvalue weighted by Crippen LogP contribution is -2.28. The largest absolute Gasteiger partial charge is 0.445 e. The monoisotopic (exact) mass is 246 g/mol. The second-order valence-corrected chi connectivity index (χ2v) is 2.86. The molecule has 3 N–H and O–H groups in total. The number of carbonyl (C=O) groups excluding carboxylic acids is 1. The summed E-state index contributed by atoms with van der Waals surface area (Å²) in [6.45, 7) is 0.862. The number of nitrogens with one attached hydrogen (secondary N) is 1. The molecule has 1 amide bonds. The molecule has 16 heavy (non-hydrogen) atoms. The smallest absolute Gasteiger partial charge is 0.407 e. The van der Waals surface area contributed by atoms with E-state index in [9.17, 15) is 4.79 Å². The summed E-state index contributed by atoms with van der Waals surface area (Å²) < 4.78 is 4.93. The first-order valence-corrected chi connectivity index (χ1v) is 4.59. The van der Waals surface area contributed by atoms with Crippen LogP contribution in [0.25, 0.3) is 0 Å². The minimum absolute atomic E-state index is 0. The van der Waals surface area contributed by atoms with E-state index < -0.39 is 6.09 Å². The van der Waals surface area contributed by atoms with Crippen molar-refractivity contribution in [3.63, 3.8) is 0 Å². The molecular formula is C10H15ClN2O3. The Kier molecular flexibility index (Phi) is 8.24. The number of hydrogen-bond donors (Lipinski definition) is 2. The first kappa shape index (κ1) is 14.7. The Morgan fingerprint density at radius 1 is 1.31 bits per heavy atom. The van der Waals surface area contributed by atoms with Gasteiger partial charge in [-0.1, -0.05) is 30.3 Å². The van der Waals surface area contributed by atoms with Crippen molar-refractivity contribution >= 4 is 18.5 Å². The first-order valence-electron chi connectivity index (χ1n) is 4.59. The number of carbonyl (C=O) groups is 1. The van der Waals surface area contributed by atoms with E-state index in [1.165, 1.54) is 0 Å². The van der Waals surface area contributed by atoms with Gasteiger partial charge < -0.3 is 14.9 Å². The highest BCUT2D eigenvalue weighted by atomic mass is 35.5. The van der Waals surface area contributed by atoms with Crippen molar-refractivity contribution in [2.24, 2.45) is 5.90 Å². The average Bonchev–Trinajstić information content (AvgIpc) is 2.28. The molecule has 0 aliphatic rings. The number of nitrogens with two attached hydrogens (primary N) is 1. The quantitative estimate of drug-likeness (QED) is 0.605. The van der Waals surface area contributed by atoms with Crippen LogP contribution in [0.15, 0.2) is 30.3 Å². The number of rotatable bonds is 5. The van der Waals surface area contributed by atoms with Gasteiger partial charge in [0.1, 0.15) is 6.61 Å². The fraction of sp³-hybridized carbons (Fsp3) is 0.300. The van der Waals surface area contributed by atoms with Crippen molar-refractivity contribution in [2.45, 2.75) is 6.61 Å². The van der Waals surface area contributed by atoms with Crippen LogP contribution in [0.4, 0.5) is 4.79 Å². The Labute approximate surface area is 100 Å². The zero-order valence-corrected chi connectivity index (χ0v) is 9.53. The van der Waals surface area contributed by atoms with Crippen molar-refractivity contribution in [3.8, 4) is 0 Å². The normalized spacial score (nSPS) is 9.06. The van der Waals surface area contributed by atoms with Gasteiger partial charge in [0.05, 0.1) is 6.61 Å². The number of amides is 1. The fourth-order valence-corrected chi connectivity index (χ4v) is 0.986. The molecule has 0 saturated carbocycles. The molecule has 5 nitrogen and oxygen atoms in total. The van der Waals surface area contributed by atoms with E-state index in [1.807, 2.05) is 30.3 Å². The first-order chi connectivity index (χ1) is 7.33. The van der Waals surface area contributed by atoms with E-state index in [4.69, 9.17) is 10.6 Å². The molecule has 1 aromatic carbocycles. The van der Waals surface area contributed by atoms with Crippen molar-refractivity contribution in [1.82, 2.24) is 5.32 Å². The van der Waals surface area contributed by atoms with Gasteiger partial charge in [-0.25, -0.2) is 10.7 Å². The molecular weight excluding hydrogens is 232 g/mol. The maximum Gasteiger partial charge on any atom is 0.407 e. The Balaban J connectivity index is 0.00000225. The third kappa shape index (κ3) is 6.23. The topological polar surface area (TPSA) is 73.6 Å². The Morgan fingerprint density at radius 3 is 2.62 bits per heavy atom. The van der Waals surface area contributed by atoms with Crippen molar-refractivity contribution < 1.29 is 14.4 Å². The Bertz CT molecular complexity index is 295. The van der Waals surface area contributed by atoms with Gasteiger partial charge in [0.15, 0.2) is 0 Å². The molecule has 0 radical (unpaired) electrons. The van der Waals surface area contributed by atoms with Gasteiger partial charge in [0.2, 0.25) is 0 Å². The summed E-state index contributed by atoms with van der Waals surface area (Å²) in [4.78, 5) is 15.3.